The second kappa shape index (κ2) is 4.98. The second-order valence-corrected chi connectivity index (χ2v) is 4.98. The number of pyridine rings is 1. The number of aryl methyl sites for hydroxylation is 1. The van der Waals surface area contributed by atoms with Gasteiger partial charge in [0.25, 0.3) is 0 Å². The van der Waals surface area contributed by atoms with Gasteiger partial charge >= 0.3 is 6.18 Å². The van der Waals surface area contributed by atoms with Crippen molar-refractivity contribution in [3.8, 4) is 6.07 Å². The van der Waals surface area contributed by atoms with Crippen LogP contribution in [0.15, 0.2) is 12.3 Å². The molecule has 0 fully saturated rings. The Kier molecular flexibility index (Phi) is 3.24. The Balaban J connectivity index is 1.88. The van der Waals surface area contributed by atoms with E-state index >= 15 is 0 Å². The standard InChI is InChI=1S/C13H11F3N6/c1-8-4-9(6-18-10(8)5-17)21-2-3-22-11(7-21)19-20-12(22)13(14,15)16/h4,6H,2-3,7H2,1H3. The van der Waals surface area contributed by atoms with Crippen LogP contribution in [0.2, 0.25) is 0 Å². The topological polar surface area (TPSA) is 70.6 Å². The van der Waals surface area contributed by atoms with Gasteiger partial charge in [0.15, 0.2) is 5.82 Å². The number of nitrogens with zero attached hydrogens (tertiary/aromatic N) is 6. The van der Waals surface area contributed by atoms with Crippen molar-refractivity contribution in [2.75, 3.05) is 11.4 Å². The van der Waals surface area contributed by atoms with Gasteiger partial charge in [0.1, 0.15) is 11.8 Å². The summed E-state index contributed by atoms with van der Waals surface area (Å²) < 4.78 is 39.5. The van der Waals surface area contributed by atoms with Gasteiger partial charge in [-0.05, 0) is 18.6 Å². The Morgan fingerprint density at radius 2 is 2.05 bits per heavy atom. The molecule has 0 spiro atoms. The number of halogens is 3. The van der Waals surface area contributed by atoms with Gasteiger partial charge in [0.2, 0.25) is 5.82 Å². The predicted octanol–water partition coefficient (Wildman–Crippen LogP) is 1.89. The van der Waals surface area contributed by atoms with Crippen LogP contribution in [0.25, 0.3) is 0 Å². The van der Waals surface area contributed by atoms with E-state index in [0.29, 0.717) is 12.2 Å². The molecule has 0 atom stereocenters. The first kappa shape index (κ1) is 14.3. The average Bonchev–Trinajstić information content (AvgIpc) is 2.90. The third-order valence-electron chi connectivity index (χ3n) is 3.54. The van der Waals surface area contributed by atoms with Crippen LogP contribution in [0, 0.1) is 18.3 Å². The average molecular weight is 308 g/mol. The Bertz CT molecular complexity index is 758. The fourth-order valence-corrected chi connectivity index (χ4v) is 2.44. The molecule has 0 aromatic carbocycles. The maximum absolute atomic E-state index is 12.8. The number of hydrogen-bond acceptors (Lipinski definition) is 5. The molecule has 0 amide bonds. The minimum atomic E-state index is -4.50. The van der Waals surface area contributed by atoms with Gasteiger partial charge in [-0.3, -0.25) is 0 Å². The van der Waals surface area contributed by atoms with E-state index in [1.807, 2.05) is 11.0 Å². The molecule has 2 aromatic heterocycles. The maximum Gasteiger partial charge on any atom is 0.451 e. The third-order valence-corrected chi connectivity index (χ3v) is 3.54. The van der Waals surface area contributed by atoms with E-state index in [0.717, 1.165) is 15.8 Å². The summed E-state index contributed by atoms with van der Waals surface area (Å²) in [5.41, 5.74) is 1.81. The van der Waals surface area contributed by atoms with Crippen molar-refractivity contribution in [3.05, 3.63) is 35.2 Å². The molecular weight excluding hydrogens is 297 g/mol. The lowest BCUT2D eigenvalue weighted by molar-refractivity contribution is -0.147. The van der Waals surface area contributed by atoms with Crippen molar-refractivity contribution in [1.82, 2.24) is 19.7 Å². The Morgan fingerprint density at radius 3 is 2.68 bits per heavy atom. The number of hydrogen-bond donors (Lipinski definition) is 0. The summed E-state index contributed by atoms with van der Waals surface area (Å²) in [5.74, 6) is -0.697. The van der Waals surface area contributed by atoms with Crippen molar-refractivity contribution in [1.29, 1.82) is 5.26 Å². The van der Waals surface area contributed by atoms with Crippen molar-refractivity contribution in [2.24, 2.45) is 0 Å². The fourth-order valence-electron chi connectivity index (χ4n) is 2.44. The molecule has 0 radical (unpaired) electrons. The van der Waals surface area contributed by atoms with Crippen LogP contribution < -0.4 is 4.90 Å². The molecule has 0 bridgehead atoms. The SMILES string of the molecule is Cc1cc(N2CCn3c(nnc3C(F)(F)F)C2)cnc1C#N. The number of anilines is 1. The molecule has 2 aromatic rings. The van der Waals surface area contributed by atoms with Gasteiger partial charge in [-0.15, -0.1) is 10.2 Å². The fraction of sp³-hybridized carbons (Fsp3) is 0.385. The molecule has 6 nitrogen and oxygen atoms in total. The van der Waals surface area contributed by atoms with Crippen molar-refractivity contribution < 1.29 is 13.2 Å². The number of fused-ring (bicyclic) bond motifs is 1. The van der Waals surface area contributed by atoms with Crippen LogP contribution in [0.5, 0.6) is 0 Å². The summed E-state index contributed by atoms with van der Waals surface area (Å²) in [7, 11) is 0. The van der Waals surface area contributed by atoms with E-state index in [9.17, 15) is 13.2 Å². The summed E-state index contributed by atoms with van der Waals surface area (Å²) in [6, 6.07) is 3.77. The molecule has 0 saturated heterocycles. The highest BCUT2D eigenvalue weighted by Crippen LogP contribution is 2.30. The molecule has 0 N–H and O–H groups in total. The largest absolute Gasteiger partial charge is 0.451 e. The highest BCUT2D eigenvalue weighted by molar-refractivity contribution is 5.50. The van der Waals surface area contributed by atoms with Crippen LogP contribution in [-0.4, -0.2) is 26.3 Å². The van der Waals surface area contributed by atoms with Crippen molar-refractivity contribution >= 4 is 5.69 Å². The molecule has 0 saturated carbocycles. The first-order valence-corrected chi connectivity index (χ1v) is 6.51. The molecule has 0 unspecified atom stereocenters. The number of alkyl halides is 3. The van der Waals surface area contributed by atoms with E-state index in [1.165, 1.54) is 0 Å². The molecule has 114 valence electrons. The van der Waals surface area contributed by atoms with E-state index in [-0.39, 0.29) is 18.9 Å². The summed E-state index contributed by atoms with van der Waals surface area (Å²) >= 11 is 0. The smallest absolute Gasteiger partial charge is 0.361 e. The number of nitriles is 1. The zero-order valence-electron chi connectivity index (χ0n) is 11.6. The monoisotopic (exact) mass is 308 g/mol. The van der Waals surface area contributed by atoms with Crippen LogP contribution in [0.4, 0.5) is 18.9 Å². The van der Waals surface area contributed by atoms with Crippen molar-refractivity contribution in [2.45, 2.75) is 26.2 Å². The van der Waals surface area contributed by atoms with Crippen LogP contribution in [0.1, 0.15) is 22.9 Å². The maximum atomic E-state index is 12.8. The summed E-state index contributed by atoms with van der Waals surface area (Å²) in [4.78, 5) is 5.91. The van der Waals surface area contributed by atoms with Gasteiger partial charge in [0.05, 0.1) is 18.4 Å². The van der Waals surface area contributed by atoms with Gasteiger partial charge in [-0.1, -0.05) is 0 Å². The Morgan fingerprint density at radius 1 is 1.27 bits per heavy atom. The lowest BCUT2D eigenvalue weighted by Gasteiger charge is -2.29. The highest BCUT2D eigenvalue weighted by Gasteiger charge is 2.39. The summed E-state index contributed by atoms with van der Waals surface area (Å²) in [5, 5.41) is 15.8. The van der Waals surface area contributed by atoms with Gasteiger partial charge in [-0.25, -0.2) is 4.98 Å². The van der Waals surface area contributed by atoms with Crippen LogP contribution in [0.3, 0.4) is 0 Å². The van der Waals surface area contributed by atoms with Crippen LogP contribution >= 0.6 is 0 Å². The molecule has 22 heavy (non-hydrogen) atoms. The predicted molar refractivity (Wildman–Crippen MR) is 69.8 cm³/mol. The summed E-state index contributed by atoms with van der Waals surface area (Å²) in [6.45, 7) is 2.52. The van der Waals surface area contributed by atoms with Crippen molar-refractivity contribution in [3.63, 3.8) is 0 Å². The lowest BCUT2D eigenvalue weighted by atomic mass is 10.2. The van der Waals surface area contributed by atoms with E-state index in [2.05, 4.69) is 15.2 Å². The Hall–Kier alpha value is -2.63. The summed E-state index contributed by atoms with van der Waals surface area (Å²) in [6.07, 6.45) is -2.96. The number of aromatic nitrogens is 4. The molecule has 3 heterocycles. The second-order valence-electron chi connectivity index (χ2n) is 4.98. The zero-order chi connectivity index (χ0) is 15.9. The molecule has 9 heteroatoms. The number of rotatable bonds is 1. The molecule has 0 aliphatic carbocycles. The minimum Gasteiger partial charge on any atom is -0.361 e. The third kappa shape index (κ3) is 2.36. The Labute approximate surface area is 123 Å². The van der Waals surface area contributed by atoms with E-state index < -0.39 is 12.0 Å². The van der Waals surface area contributed by atoms with Crippen LogP contribution in [-0.2, 0) is 19.3 Å². The van der Waals surface area contributed by atoms with E-state index in [1.54, 1.807) is 19.2 Å². The zero-order valence-corrected chi connectivity index (χ0v) is 11.6. The molecule has 1 aliphatic rings. The molecular formula is C13H11F3N6. The molecule has 1 aliphatic heterocycles. The van der Waals surface area contributed by atoms with Gasteiger partial charge in [-0.2, -0.15) is 18.4 Å². The normalized spacial score (nSPS) is 14.6. The quantitative estimate of drug-likeness (QED) is 0.804. The van der Waals surface area contributed by atoms with Gasteiger partial charge in [0, 0.05) is 13.1 Å². The van der Waals surface area contributed by atoms with Gasteiger partial charge < -0.3 is 9.47 Å². The minimum absolute atomic E-state index is 0.149. The highest BCUT2D eigenvalue weighted by atomic mass is 19.4. The van der Waals surface area contributed by atoms with E-state index in [4.69, 9.17) is 5.26 Å². The lowest BCUT2D eigenvalue weighted by Crippen LogP contribution is -2.35. The molecule has 3 rings (SSSR count). The first-order valence-electron chi connectivity index (χ1n) is 6.51. The first-order chi connectivity index (χ1) is 10.4.